The maximum absolute atomic E-state index is 12.1. The summed E-state index contributed by atoms with van der Waals surface area (Å²) < 4.78 is 5.48. The van der Waals surface area contributed by atoms with Gasteiger partial charge in [0.2, 0.25) is 0 Å². The zero-order chi connectivity index (χ0) is 15.7. The fraction of sp³-hybridized carbons (Fsp3) is 0.588. The number of hydrogen-bond acceptors (Lipinski definition) is 2. The lowest BCUT2D eigenvalue weighted by Crippen LogP contribution is -2.42. The molecule has 0 spiro atoms. The van der Waals surface area contributed by atoms with Crippen LogP contribution in [0.25, 0.3) is 0 Å². The molecule has 2 aliphatic carbocycles. The topological polar surface area (TPSA) is 38.3 Å². The number of benzene rings is 1. The fourth-order valence-electron chi connectivity index (χ4n) is 4.04. The molecule has 3 rings (SSSR count). The average Bonchev–Trinajstić information content (AvgIpc) is 3.09. The highest BCUT2D eigenvalue weighted by Gasteiger charge is 2.42. The highest BCUT2D eigenvalue weighted by atomic mass is 35.5. The number of amides is 1. The van der Waals surface area contributed by atoms with Crippen molar-refractivity contribution in [1.82, 2.24) is 5.32 Å². The van der Waals surface area contributed by atoms with Crippen molar-refractivity contribution in [2.24, 2.45) is 17.8 Å². The Morgan fingerprint density at radius 1 is 1.36 bits per heavy atom. The van der Waals surface area contributed by atoms with Gasteiger partial charge < -0.3 is 10.1 Å². The molecule has 0 heterocycles. The van der Waals surface area contributed by atoms with Gasteiger partial charge in [0.1, 0.15) is 5.75 Å². The molecule has 2 aliphatic rings. The first kappa shape index (κ1) is 15.9. The zero-order valence-electron chi connectivity index (χ0n) is 12.6. The summed E-state index contributed by atoms with van der Waals surface area (Å²) in [4.78, 5) is 12.1. The van der Waals surface area contributed by atoms with Crippen molar-refractivity contribution in [3.63, 3.8) is 0 Å². The summed E-state index contributed by atoms with van der Waals surface area (Å²) in [5.74, 6) is 2.70. The van der Waals surface area contributed by atoms with Crippen LogP contribution >= 0.6 is 23.2 Å². The van der Waals surface area contributed by atoms with Crippen LogP contribution in [0.5, 0.6) is 5.75 Å². The molecule has 3 nitrogen and oxygen atoms in total. The molecule has 1 aromatic carbocycles. The Morgan fingerprint density at radius 3 is 2.82 bits per heavy atom. The van der Waals surface area contributed by atoms with E-state index >= 15 is 0 Å². The van der Waals surface area contributed by atoms with Gasteiger partial charge in [-0.3, -0.25) is 4.79 Å². The smallest absolute Gasteiger partial charge is 0.258 e. The van der Waals surface area contributed by atoms with Gasteiger partial charge in [0.05, 0.1) is 5.02 Å². The van der Waals surface area contributed by atoms with Crippen molar-refractivity contribution in [2.45, 2.75) is 38.6 Å². The van der Waals surface area contributed by atoms with Crippen molar-refractivity contribution < 1.29 is 9.53 Å². The second kappa shape index (κ2) is 6.67. The van der Waals surface area contributed by atoms with Gasteiger partial charge in [-0.25, -0.2) is 0 Å². The number of rotatable bonds is 5. The third-order valence-electron chi connectivity index (χ3n) is 5.08. The number of nitrogens with one attached hydrogen (secondary N) is 1. The molecule has 5 heteroatoms. The van der Waals surface area contributed by atoms with Crippen LogP contribution in [0.4, 0.5) is 0 Å². The van der Waals surface area contributed by atoms with E-state index in [1.54, 1.807) is 18.2 Å². The van der Waals surface area contributed by atoms with Gasteiger partial charge in [0, 0.05) is 11.1 Å². The number of hydrogen-bond donors (Lipinski definition) is 1. The largest absolute Gasteiger partial charge is 0.482 e. The summed E-state index contributed by atoms with van der Waals surface area (Å²) in [6.07, 6.45) is 5.31. The van der Waals surface area contributed by atoms with Crippen molar-refractivity contribution in [1.29, 1.82) is 0 Å². The Bertz CT molecular complexity index is 564. The number of carbonyl (C=O) groups excluding carboxylic acids is 1. The van der Waals surface area contributed by atoms with Crippen LogP contribution in [0, 0.1) is 17.8 Å². The molecular weight excluding hydrogens is 321 g/mol. The summed E-state index contributed by atoms with van der Waals surface area (Å²) in [6, 6.07) is 5.19. The normalized spacial score (nSPS) is 27.7. The predicted molar refractivity (Wildman–Crippen MR) is 88.5 cm³/mol. The molecule has 0 radical (unpaired) electrons. The van der Waals surface area contributed by atoms with E-state index in [4.69, 9.17) is 27.9 Å². The summed E-state index contributed by atoms with van der Waals surface area (Å²) in [7, 11) is 0. The lowest BCUT2D eigenvalue weighted by atomic mass is 9.84. The quantitative estimate of drug-likeness (QED) is 0.866. The SMILES string of the molecule is C[C@@H](NC(=O)COc1ccc(Cl)cc1Cl)[C@@H]1C[C@H]2CC[C@H]1C2. The van der Waals surface area contributed by atoms with Gasteiger partial charge in [-0.05, 0) is 62.1 Å². The molecule has 2 bridgehead atoms. The molecule has 0 aliphatic heterocycles. The lowest BCUT2D eigenvalue weighted by Gasteiger charge is -2.28. The van der Waals surface area contributed by atoms with Gasteiger partial charge in [0.25, 0.3) is 5.91 Å². The van der Waals surface area contributed by atoms with Crippen LogP contribution in [0.2, 0.25) is 10.0 Å². The fourth-order valence-corrected chi connectivity index (χ4v) is 4.51. The Morgan fingerprint density at radius 2 is 2.18 bits per heavy atom. The van der Waals surface area contributed by atoms with Crippen LogP contribution in [0.3, 0.4) is 0 Å². The van der Waals surface area contributed by atoms with Crippen LogP contribution in [0.15, 0.2) is 18.2 Å². The van der Waals surface area contributed by atoms with Gasteiger partial charge >= 0.3 is 0 Å². The van der Waals surface area contributed by atoms with Crippen molar-refractivity contribution in [2.75, 3.05) is 6.61 Å². The second-order valence-electron chi connectivity index (χ2n) is 6.56. The number of halogens is 2. The molecule has 1 amide bonds. The highest BCUT2D eigenvalue weighted by molar-refractivity contribution is 6.35. The van der Waals surface area contributed by atoms with E-state index in [9.17, 15) is 4.79 Å². The van der Waals surface area contributed by atoms with Crippen molar-refractivity contribution >= 4 is 29.1 Å². The number of carbonyl (C=O) groups is 1. The minimum atomic E-state index is -0.0960. The number of ether oxygens (including phenoxy) is 1. The maximum atomic E-state index is 12.1. The van der Waals surface area contributed by atoms with E-state index in [1.807, 2.05) is 0 Å². The first-order valence-corrected chi connectivity index (χ1v) is 8.65. The molecule has 0 unspecified atom stereocenters. The van der Waals surface area contributed by atoms with E-state index in [2.05, 4.69) is 12.2 Å². The average molecular weight is 342 g/mol. The Kier molecular flexibility index (Phi) is 4.84. The summed E-state index contributed by atoms with van der Waals surface area (Å²) >= 11 is 11.9. The molecule has 0 saturated heterocycles. The highest BCUT2D eigenvalue weighted by Crippen LogP contribution is 2.49. The van der Waals surface area contributed by atoms with Gasteiger partial charge in [-0.1, -0.05) is 29.6 Å². The summed E-state index contributed by atoms with van der Waals surface area (Å²) in [5, 5.41) is 4.04. The van der Waals surface area contributed by atoms with E-state index in [0.717, 1.165) is 11.8 Å². The van der Waals surface area contributed by atoms with E-state index < -0.39 is 0 Å². The molecule has 0 aromatic heterocycles. The molecule has 2 fully saturated rings. The van der Waals surface area contributed by atoms with Crippen LogP contribution in [-0.4, -0.2) is 18.6 Å². The second-order valence-corrected chi connectivity index (χ2v) is 7.40. The molecule has 120 valence electrons. The van der Waals surface area contributed by atoms with Crippen LogP contribution in [0.1, 0.15) is 32.6 Å². The Balaban J connectivity index is 1.48. The lowest BCUT2D eigenvalue weighted by molar-refractivity contribution is -0.124. The monoisotopic (exact) mass is 341 g/mol. The molecular formula is C17H21Cl2NO2. The minimum Gasteiger partial charge on any atom is -0.482 e. The predicted octanol–water partition coefficient (Wildman–Crippen LogP) is 4.31. The zero-order valence-corrected chi connectivity index (χ0v) is 14.2. The van der Waals surface area contributed by atoms with Gasteiger partial charge in [0.15, 0.2) is 6.61 Å². The summed E-state index contributed by atoms with van der Waals surface area (Å²) in [5.41, 5.74) is 0. The van der Waals surface area contributed by atoms with Gasteiger partial charge in [-0.15, -0.1) is 0 Å². The molecule has 1 aromatic rings. The Labute approximate surface area is 141 Å². The molecule has 2 saturated carbocycles. The van der Waals surface area contributed by atoms with E-state index in [0.29, 0.717) is 21.7 Å². The first-order valence-electron chi connectivity index (χ1n) is 7.90. The number of fused-ring (bicyclic) bond motifs is 2. The third-order valence-corrected chi connectivity index (χ3v) is 5.61. The van der Waals surface area contributed by atoms with Gasteiger partial charge in [-0.2, -0.15) is 0 Å². The van der Waals surface area contributed by atoms with Crippen molar-refractivity contribution in [3.05, 3.63) is 28.2 Å². The molecule has 4 atom stereocenters. The van der Waals surface area contributed by atoms with E-state index in [-0.39, 0.29) is 18.6 Å². The van der Waals surface area contributed by atoms with Crippen LogP contribution < -0.4 is 10.1 Å². The minimum absolute atomic E-state index is 0.0213. The maximum Gasteiger partial charge on any atom is 0.258 e. The molecule has 22 heavy (non-hydrogen) atoms. The summed E-state index contributed by atoms with van der Waals surface area (Å²) in [6.45, 7) is 2.09. The standard InChI is InChI=1S/C17H21Cl2NO2/c1-10(14-7-11-2-3-12(14)6-11)20-17(21)9-22-16-5-4-13(18)8-15(16)19/h4-5,8,10-12,14H,2-3,6-7,9H2,1H3,(H,20,21)/t10-,11+,12+,14+/m1/s1. The van der Waals surface area contributed by atoms with E-state index in [1.165, 1.54) is 25.7 Å². The van der Waals surface area contributed by atoms with Crippen LogP contribution in [-0.2, 0) is 4.79 Å². The van der Waals surface area contributed by atoms with Crippen molar-refractivity contribution in [3.8, 4) is 5.75 Å². The first-order chi connectivity index (χ1) is 10.5. The Hall–Kier alpha value is -0.930. The molecule has 1 N–H and O–H groups in total. The third kappa shape index (κ3) is 3.52.